The topological polar surface area (TPSA) is 50.4 Å². The molecule has 4 heteroatoms. The van der Waals surface area contributed by atoms with Gasteiger partial charge in [0, 0.05) is 5.69 Å². The van der Waals surface area contributed by atoms with Crippen molar-refractivity contribution in [2.45, 2.75) is 25.2 Å². The molecule has 18 heavy (non-hydrogen) atoms. The van der Waals surface area contributed by atoms with E-state index in [0.717, 1.165) is 42.9 Å². The molecule has 1 aromatic rings. The van der Waals surface area contributed by atoms with Gasteiger partial charge in [0.15, 0.2) is 0 Å². The van der Waals surface area contributed by atoms with Crippen LogP contribution in [0.2, 0.25) is 0 Å². The van der Waals surface area contributed by atoms with Crippen molar-refractivity contribution < 1.29 is 9.53 Å². The van der Waals surface area contributed by atoms with Crippen LogP contribution >= 0.6 is 0 Å². The highest BCUT2D eigenvalue weighted by Crippen LogP contribution is 2.39. The maximum absolute atomic E-state index is 11.6. The van der Waals surface area contributed by atoms with Gasteiger partial charge in [0.2, 0.25) is 5.91 Å². The molecule has 2 aliphatic heterocycles. The lowest BCUT2D eigenvalue weighted by Gasteiger charge is -2.25. The third kappa shape index (κ3) is 1.97. The molecular weight excluding hydrogens is 228 g/mol. The molecule has 2 N–H and O–H groups in total. The SMILES string of the molecule is COc1cc2c(c(C3CCNCC3)c1)NC(=O)C2. The molecule has 0 aromatic heterocycles. The number of carbonyl (C=O) groups is 1. The van der Waals surface area contributed by atoms with Crippen molar-refractivity contribution in [2.75, 3.05) is 25.5 Å². The van der Waals surface area contributed by atoms with Crippen LogP contribution in [0, 0.1) is 0 Å². The second-order valence-electron chi connectivity index (χ2n) is 5.00. The summed E-state index contributed by atoms with van der Waals surface area (Å²) in [6, 6.07) is 4.05. The summed E-state index contributed by atoms with van der Waals surface area (Å²) in [5.74, 6) is 1.47. The molecule has 0 spiro atoms. The maximum atomic E-state index is 11.6. The molecule has 0 bridgehead atoms. The zero-order chi connectivity index (χ0) is 12.5. The molecule has 1 saturated heterocycles. The lowest BCUT2D eigenvalue weighted by molar-refractivity contribution is -0.115. The Bertz CT molecular complexity index is 479. The Balaban J connectivity index is 2.01. The molecule has 1 aromatic carbocycles. The number of anilines is 1. The van der Waals surface area contributed by atoms with Crippen LogP contribution in [0.3, 0.4) is 0 Å². The first-order valence-corrected chi connectivity index (χ1v) is 6.49. The van der Waals surface area contributed by atoms with E-state index in [1.54, 1.807) is 7.11 Å². The largest absolute Gasteiger partial charge is 0.497 e. The van der Waals surface area contributed by atoms with Gasteiger partial charge in [-0.3, -0.25) is 4.79 Å². The van der Waals surface area contributed by atoms with Crippen LogP contribution in [0.25, 0.3) is 0 Å². The van der Waals surface area contributed by atoms with Crippen LogP contribution in [0.5, 0.6) is 5.75 Å². The van der Waals surface area contributed by atoms with E-state index in [1.165, 1.54) is 5.56 Å². The first-order valence-electron chi connectivity index (χ1n) is 6.49. The molecule has 1 amide bonds. The van der Waals surface area contributed by atoms with Gasteiger partial charge in [0.1, 0.15) is 5.75 Å². The number of piperidine rings is 1. The molecule has 3 rings (SSSR count). The monoisotopic (exact) mass is 246 g/mol. The van der Waals surface area contributed by atoms with Crippen LogP contribution < -0.4 is 15.4 Å². The highest BCUT2D eigenvalue weighted by atomic mass is 16.5. The number of benzene rings is 1. The van der Waals surface area contributed by atoms with Crippen molar-refractivity contribution in [3.05, 3.63) is 23.3 Å². The summed E-state index contributed by atoms with van der Waals surface area (Å²) in [6.07, 6.45) is 2.72. The summed E-state index contributed by atoms with van der Waals surface area (Å²) in [5.41, 5.74) is 3.36. The third-order valence-electron chi connectivity index (χ3n) is 3.85. The van der Waals surface area contributed by atoms with Gasteiger partial charge >= 0.3 is 0 Å². The van der Waals surface area contributed by atoms with Crippen LogP contribution in [0.1, 0.15) is 29.9 Å². The van der Waals surface area contributed by atoms with E-state index in [4.69, 9.17) is 4.74 Å². The van der Waals surface area contributed by atoms with E-state index >= 15 is 0 Å². The summed E-state index contributed by atoms with van der Waals surface area (Å²) in [5, 5.41) is 6.37. The number of rotatable bonds is 2. The number of hydrogen-bond donors (Lipinski definition) is 2. The highest BCUT2D eigenvalue weighted by molar-refractivity contribution is 6.00. The lowest BCUT2D eigenvalue weighted by Crippen LogP contribution is -2.27. The number of carbonyl (C=O) groups excluding carboxylic acids is 1. The molecule has 0 aliphatic carbocycles. The van der Waals surface area contributed by atoms with Gasteiger partial charge in [0.05, 0.1) is 13.5 Å². The third-order valence-corrected chi connectivity index (χ3v) is 3.85. The molecule has 4 nitrogen and oxygen atoms in total. The maximum Gasteiger partial charge on any atom is 0.228 e. The molecule has 96 valence electrons. The predicted octanol–water partition coefficient (Wildman–Crippen LogP) is 1.66. The van der Waals surface area contributed by atoms with Crippen LogP contribution in [0.4, 0.5) is 5.69 Å². The summed E-state index contributed by atoms with van der Waals surface area (Å²) in [7, 11) is 1.68. The Kier molecular flexibility index (Phi) is 2.96. The van der Waals surface area contributed by atoms with Crippen molar-refractivity contribution in [3.63, 3.8) is 0 Å². The standard InChI is InChI=1S/C14H18N2O2/c1-18-11-6-10-7-13(17)16-14(10)12(8-11)9-2-4-15-5-3-9/h6,8-9,15H,2-5,7H2,1H3,(H,16,17). The van der Waals surface area contributed by atoms with Crippen molar-refractivity contribution in [2.24, 2.45) is 0 Å². The molecule has 2 heterocycles. The van der Waals surface area contributed by atoms with Gasteiger partial charge in [-0.2, -0.15) is 0 Å². The quantitative estimate of drug-likeness (QED) is 0.834. The van der Waals surface area contributed by atoms with E-state index < -0.39 is 0 Å². The zero-order valence-corrected chi connectivity index (χ0v) is 10.6. The Morgan fingerprint density at radius 2 is 2.06 bits per heavy atom. The van der Waals surface area contributed by atoms with Crippen molar-refractivity contribution in [1.29, 1.82) is 0 Å². The van der Waals surface area contributed by atoms with Gasteiger partial charge in [-0.1, -0.05) is 0 Å². The molecule has 0 radical (unpaired) electrons. The molecule has 2 aliphatic rings. The minimum Gasteiger partial charge on any atom is -0.497 e. The fourth-order valence-corrected chi connectivity index (χ4v) is 2.92. The van der Waals surface area contributed by atoms with Crippen LogP contribution in [0.15, 0.2) is 12.1 Å². The molecule has 1 fully saturated rings. The summed E-state index contributed by atoms with van der Waals surface area (Å²) >= 11 is 0. The minimum atomic E-state index is 0.0911. The minimum absolute atomic E-state index is 0.0911. The van der Waals surface area contributed by atoms with Crippen LogP contribution in [-0.4, -0.2) is 26.1 Å². The molecule has 0 atom stereocenters. The van der Waals surface area contributed by atoms with Gasteiger partial charge < -0.3 is 15.4 Å². The summed E-state index contributed by atoms with van der Waals surface area (Å²) in [6.45, 7) is 2.09. The number of fused-ring (bicyclic) bond motifs is 1. The smallest absolute Gasteiger partial charge is 0.228 e. The van der Waals surface area contributed by atoms with Gasteiger partial charge in [-0.15, -0.1) is 0 Å². The van der Waals surface area contributed by atoms with Gasteiger partial charge in [-0.05, 0) is 55.1 Å². The van der Waals surface area contributed by atoms with E-state index in [9.17, 15) is 4.79 Å². The first-order chi connectivity index (χ1) is 8.78. The molecule has 0 saturated carbocycles. The predicted molar refractivity (Wildman–Crippen MR) is 70.2 cm³/mol. The average Bonchev–Trinajstić information content (AvgIpc) is 2.78. The second kappa shape index (κ2) is 4.61. The number of amides is 1. The van der Waals surface area contributed by atoms with Crippen molar-refractivity contribution >= 4 is 11.6 Å². The number of hydrogen-bond acceptors (Lipinski definition) is 3. The fraction of sp³-hybridized carbons (Fsp3) is 0.500. The highest BCUT2D eigenvalue weighted by Gasteiger charge is 2.26. The number of methoxy groups -OCH3 is 1. The Hall–Kier alpha value is -1.55. The number of ether oxygens (including phenoxy) is 1. The normalized spacial score (nSPS) is 19.5. The summed E-state index contributed by atoms with van der Waals surface area (Å²) in [4.78, 5) is 11.6. The second-order valence-corrected chi connectivity index (χ2v) is 5.00. The van der Waals surface area contributed by atoms with Crippen LogP contribution in [-0.2, 0) is 11.2 Å². The zero-order valence-electron chi connectivity index (χ0n) is 10.6. The number of nitrogens with one attached hydrogen (secondary N) is 2. The molecule has 0 unspecified atom stereocenters. The summed E-state index contributed by atoms with van der Waals surface area (Å²) < 4.78 is 5.35. The van der Waals surface area contributed by atoms with Crippen molar-refractivity contribution in [3.8, 4) is 5.75 Å². The van der Waals surface area contributed by atoms with Crippen molar-refractivity contribution in [1.82, 2.24) is 5.32 Å². The fourth-order valence-electron chi connectivity index (χ4n) is 2.92. The van der Waals surface area contributed by atoms with E-state index in [1.807, 2.05) is 6.07 Å². The first kappa shape index (κ1) is 11.5. The van der Waals surface area contributed by atoms with E-state index in [2.05, 4.69) is 16.7 Å². The van der Waals surface area contributed by atoms with Gasteiger partial charge in [-0.25, -0.2) is 0 Å². The lowest BCUT2D eigenvalue weighted by atomic mass is 9.88. The Morgan fingerprint density at radius 1 is 1.28 bits per heavy atom. The molecular formula is C14H18N2O2. The van der Waals surface area contributed by atoms with E-state index in [0.29, 0.717) is 12.3 Å². The van der Waals surface area contributed by atoms with Gasteiger partial charge in [0.25, 0.3) is 0 Å². The Morgan fingerprint density at radius 3 is 2.78 bits per heavy atom. The van der Waals surface area contributed by atoms with E-state index in [-0.39, 0.29) is 5.91 Å². The average molecular weight is 246 g/mol. The Labute approximate surface area is 107 Å².